The third kappa shape index (κ3) is 4.72. The summed E-state index contributed by atoms with van der Waals surface area (Å²) in [6.45, 7) is 0. The third-order valence-electron chi connectivity index (χ3n) is 3.05. The number of alkyl halides is 1. The Bertz CT molecular complexity index is 490. The van der Waals surface area contributed by atoms with E-state index in [1.807, 2.05) is 36.4 Å². The van der Waals surface area contributed by atoms with Gasteiger partial charge in [-0.3, -0.25) is 0 Å². The van der Waals surface area contributed by atoms with Crippen LogP contribution in [-0.4, -0.2) is 5.88 Å². The zero-order chi connectivity index (χ0) is 13.7. The number of halogens is 3. The Hall–Kier alpha value is -0.690. The van der Waals surface area contributed by atoms with Crippen molar-refractivity contribution in [2.75, 3.05) is 5.88 Å². The molecule has 0 aromatic heterocycles. The summed E-state index contributed by atoms with van der Waals surface area (Å²) >= 11 is 18.1. The smallest absolute Gasteiger partial charge is 0.0408 e. The summed E-state index contributed by atoms with van der Waals surface area (Å²) in [5.41, 5.74) is 2.44. The van der Waals surface area contributed by atoms with Crippen molar-refractivity contribution in [3.05, 3.63) is 69.7 Å². The van der Waals surface area contributed by atoms with Crippen LogP contribution in [0.3, 0.4) is 0 Å². The molecule has 0 saturated carbocycles. The molecule has 0 aliphatic rings. The van der Waals surface area contributed by atoms with E-state index in [1.165, 1.54) is 11.1 Å². The van der Waals surface area contributed by atoms with E-state index in [9.17, 15) is 0 Å². The molecule has 0 nitrogen and oxygen atoms in total. The summed E-state index contributed by atoms with van der Waals surface area (Å²) in [7, 11) is 0. The van der Waals surface area contributed by atoms with Crippen LogP contribution in [0.2, 0.25) is 10.0 Å². The summed E-state index contributed by atoms with van der Waals surface area (Å²) in [5, 5.41) is 1.54. The second kappa shape index (κ2) is 7.19. The molecular formula is C16H15Cl3. The van der Waals surface area contributed by atoms with Gasteiger partial charge in [0.2, 0.25) is 0 Å². The Balaban J connectivity index is 2.04. The molecule has 0 N–H and O–H groups in total. The SMILES string of the molecule is ClCC(Cc1cccc(Cl)c1)Cc1cccc(Cl)c1. The molecule has 0 saturated heterocycles. The first-order valence-electron chi connectivity index (χ1n) is 6.22. The van der Waals surface area contributed by atoms with Crippen molar-refractivity contribution in [3.8, 4) is 0 Å². The van der Waals surface area contributed by atoms with E-state index in [1.54, 1.807) is 0 Å². The maximum atomic E-state index is 6.08. The molecule has 2 rings (SSSR count). The first-order valence-corrected chi connectivity index (χ1v) is 7.51. The fourth-order valence-corrected chi connectivity index (χ4v) is 2.82. The summed E-state index contributed by atoms with van der Waals surface area (Å²) in [6.07, 6.45) is 1.85. The lowest BCUT2D eigenvalue weighted by Gasteiger charge is -2.14. The monoisotopic (exact) mass is 312 g/mol. The summed E-state index contributed by atoms with van der Waals surface area (Å²) < 4.78 is 0. The molecule has 2 aromatic carbocycles. The Labute approximate surface area is 129 Å². The highest BCUT2D eigenvalue weighted by molar-refractivity contribution is 6.30. The maximum Gasteiger partial charge on any atom is 0.0408 e. The second-order valence-corrected chi connectivity index (χ2v) is 5.87. The van der Waals surface area contributed by atoms with Gasteiger partial charge in [0.1, 0.15) is 0 Å². The molecule has 0 aliphatic heterocycles. The molecule has 0 bridgehead atoms. The van der Waals surface area contributed by atoms with Crippen molar-refractivity contribution >= 4 is 34.8 Å². The van der Waals surface area contributed by atoms with Gasteiger partial charge in [0.05, 0.1) is 0 Å². The maximum absolute atomic E-state index is 6.08. The van der Waals surface area contributed by atoms with Gasteiger partial charge in [-0.1, -0.05) is 47.5 Å². The second-order valence-electron chi connectivity index (χ2n) is 4.69. The Morgan fingerprint density at radius 1 is 0.789 bits per heavy atom. The molecule has 0 radical (unpaired) electrons. The van der Waals surface area contributed by atoms with E-state index < -0.39 is 0 Å². The molecule has 0 aliphatic carbocycles. The minimum absolute atomic E-state index is 0.388. The molecule has 19 heavy (non-hydrogen) atoms. The summed E-state index contributed by atoms with van der Waals surface area (Å²) in [5.74, 6) is 1.01. The molecule has 2 aromatic rings. The van der Waals surface area contributed by atoms with E-state index in [0.717, 1.165) is 22.9 Å². The van der Waals surface area contributed by atoms with Gasteiger partial charge in [-0.15, -0.1) is 11.6 Å². The van der Waals surface area contributed by atoms with Gasteiger partial charge in [0.25, 0.3) is 0 Å². The predicted octanol–water partition coefficient (Wildman–Crippen LogP) is 5.63. The minimum atomic E-state index is 0.388. The average Bonchev–Trinajstić information content (AvgIpc) is 2.38. The highest BCUT2D eigenvalue weighted by Gasteiger charge is 2.10. The molecule has 0 unspecified atom stereocenters. The van der Waals surface area contributed by atoms with Gasteiger partial charge < -0.3 is 0 Å². The summed E-state index contributed by atoms with van der Waals surface area (Å²) in [6, 6.07) is 15.9. The quantitative estimate of drug-likeness (QED) is 0.627. The zero-order valence-corrected chi connectivity index (χ0v) is 12.7. The first kappa shape index (κ1) is 14.7. The van der Waals surface area contributed by atoms with Crippen LogP contribution < -0.4 is 0 Å². The van der Waals surface area contributed by atoms with Crippen LogP contribution in [0.5, 0.6) is 0 Å². The first-order chi connectivity index (χ1) is 9.17. The lowest BCUT2D eigenvalue weighted by Crippen LogP contribution is -2.10. The third-order valence-corrected chi connectivity index (χ3v) is 3.95. The number of rotatable bonds is 5. The van der Waals surface area contributed by atoms with E-state index >= 15 is 0 Å². The van der Waals surface area contributed by atoms with E-state index in [-0.39, 0.29) is 0 Å². The van der Waals surface area contributed by atoms with Crippen LogP contribution in [0.15, 0.2) is 48.5 Å². The molecule has 0 atom stereocenters. The van der Waals surface area contributed by atoms with E-state index in [0.29, 0.717) is 11.8 Å². The Morgan fingerprint density at radius 2 is 1.26 bits per heavy atom. The largest absolute Gasteiger partial charge is 0.126 e. The normalized spacial score (nSPS) is 10.9. The summed E-state index contributed by atoms with van der Waals surface area (Å²) in [4.78, 5) is 0. The van der Waals surface area contributed by atoms with Crippen molar-refractivity contribution in [1.29, 1.82) is 0 Å². The Kier molecular flexibility index (Phi) is 5.57. The van der Waals surface area contributed by atoms with Crippen LogP contribution in [0, 0.1) is 5.92 Å². The molecule has 0 spiro atoms. The van der Waals surface area contributed by atoms with Gasteiger partial charge in [0, 0.05) is 15.9 Å². The van der Waals surface area contributed by atoms with Crippen molar-refractivity contribution in [2.24, 2.45) is 5.92 Å². The average molecular weight is 314 g/mol. The zero-order valence-electron chi connectivity index (χ0n) is 10.5. The predicted molar refractivity (Wildman–Crippen MR) is 84.5 cm³/mol. The topological polar surface area (TPSA) is 0 Å². The van der Waals surface area contributed by atoms with Crippen LogP contribution in [-0.2, 0) is 12.8 Å². The van der Waals surface area contributed by atoms with Gasteiger partial charge in [-0.25, -0.2) is 0 Å². The Morgan fingerprint density at radius 3 is 1.63 bits per heavy atom. The van der Waals surface area contributed by atoms with E-state index in [2.05, 4.69) is 12.1 Å². The standard InChI is InChI=1S/C16H15Cl3/c17-11-14(7-12-3-1-5-15(18)9-12)8-13-4-2-6-16(19)10-13/h1-6,9-10,14H,7-8,11H2. The lowest BCUT2D eigenvalue weighted by atomic mass is 9.94. The highest BCUT2D eigenvalue weighted by atomic mass is 35.5. The number of hydrogen-bond donors (Lipinski definition) is 0. The van der Waals surface area contributed by atoms with Crippen LogP contribution >= 0.6 is 34.8 Å². The number of hydrogen-bond acceptors (Lipinski definition) is 0. The lowest BCUT2D eigenvalue weighted by molar-refractivity contribution is 0.584. The molecular weight excluding hydrogens is 299 g/mol. The van der Waals surface area contributed by atoms with Crippen molar-refractivity contribution in [1.82, 2.24) is 0 Å². The van der Waals surface area contributed by atoms with Crippen LogP contribution in [0.1, 0.15) is 11.1 Å². The van der Waals surface area contributed by atoms with Crippen molar-refractivity contribution < 1.29 is 0 Å². The molecule has 100 valence electrons. The van der Waals surface area contributed by atoms with Crippen molar-refractivity contribution in [3.63, 3.8) is 0 Å². The van der Waals surface area contributed by atoms with Gasteiger partial charge in [0.15, 0.2) is 0 Å². The van der Waals surface area contributed by atoms with Gasteiger partial charge >= 0.3 is 0 Å². The van der Waals surface area contributed by atoms with Crippen LogP contribution in [0.25, 0.3) is 0 Å². The fourth-order valence-electron chi connectivity index (χ4n) is 2.18. The minimum Gasteiger partial charge on any atom is -0.126 e. The van der Waals surface area contributed by atoms with E-state index in [4.69, 9.17) is 34.8 Å². The van der Waals surface area contributed by atoms with Gasteiger partial charge in [-0.2, -0.15) is 0 Å². The fraction of sp³-hybridized carbons (Fsp3) is 0.250. The molecule has 0 fully saturated rings. The number of benzene rings is 2. The highest BCUT2D eigenvalue weighted by Crippen LogP contribution is 2.20. The molecule has 0 heterocycles. The van der Waals surface area contributed by atoms with Gasteiger partial charge in [-0.05, 0) is 54.2 Å². The molecule has 3 heteroatoms. The van der Waals surface area contributed by atoms with Crippen LogP contribution in [0.4, 0.5) is 0 Å². The van der Waals surface area contributed by atoms with Crippen molar-refractivity contribution in [2.45, 2.75) is 12.8 Å². The molecule has 0 amide bonds.